The molecule has 0 unspecified atom stereocenters. The van der Waals surface area contributed by atoms with Gasteiger partial charge in [0.2, 0.25) is 0 Å². The minimum Gasteiger partial charge on any atom is -0.228 e. The van der Waals surface area contributed by atoms with Crippen LogP contribution in [0.4, 0.5) is 0 Å². The highest BCUT2D eigenvalue weighted by molar-refractivity contribution is 7.99. The molecule has 0 saturated heterocycles. The molecule has 1 spiro atoms. The molecule has 0 radical (unpaired) electrons. The van der Waals surface area contributed by atoms with Crippen LogP contribution in [-0.2, 0) is 10.8 Å². The van der Waals surface area contributed by atoms with Gasteiger partial charge in [0.15, 0.2) is 5.82 Å². The van der Waals surface area contributed by atoms with Crippen LogP contribution in [0.3, 0.4) is 0 Å². The number of nitrogens with zero attached hydrogens (tertiary/aromatic N) is 2. The van der Waals surface area contributed by atoms with Gasteiger partial charge in [-0.1, -0.05) is 232 Å². The predicted molar refractivity (Wildman–Crippen MR) is 269 cm³/mol. The maximum Gasteiger partial charge on any atom is 0.160 e. The normalized spacial score (nSPS) is 13.9. The fourth-order valence-electron chi connectivity index (χ4n) is 10.4. The molecule has 0 N–H and O–H groups in total. The zero-order valence-corrected chi connectivity index (χ0v) is 37.1. The molecule has 0 atom stereocenters. The van der Waals surface area contributed by atoms with E-state index in [1.54, 1.807) is 0 Å². The van der Waals surface area contributed by atoms with Crippen molar-refractivity contribution < 1.29 is 0 Å². The average molecular weight is 849 g/mol. The van der Waals surface area contributed by atoms with Crippen molar-refractivity contribution in [1.29, 1.82) is 0 Å². The first-order chi connectivity index (χ1) is 31.9. The summed E-state index contributed by atoms with van der Waals surface area (Å²) in [5.41, 5.74) is 19.4. The second-order valence-electron chi connectivity index (χ2n) is 17.7. The van der Waals surface area contributed by atoms with Gasteiger partial charge in [-0.05, 0) is 91.0 Å². The minimum atomic E-state index is -0.452. The molecular formula is C62H44N2S. The summed E-state index contributed by atoms with van der Waals surface area (Å²) in [5, 5.41) is 0. The number of hydrogen-bond donors (Lipinski definition) is 0. The Hall–Kier alpha value is -7.59. The molecule has 2 heterocycles. The van der Waals surface area contributed by atoms with Crippen LogP contribution in [0.25, 0.3) is 67.3 Å². The van der Waals surface area contributed by atoms with Crippen LogP contribution in [0.2, 0.25) is 0 Å². The van der Waals surface area contributed by atoms with Crippen molar-refractivity contribution in [3.05, 3.63) is 264 Å². The number of fused-ring (bicyclic) bond motifs is 8. The number of aromatic nitrogens is 2. The van der Waals surface area contributed by atoms with Crippen LogP contribution >= 0.6 is 11.8 Å². The van der Waals surface area contributed by atoms with Crippen molar-refractivity contribution >= 4 is 11.8 Å². The van der Waals surface area contributed by atoms with Gasteiger partial charge in [-0.25, -0.2) is 9.97 Å². The summed E-state index contributed by atoms with van der Waals surface area (Å²) in [7, 11) is 0. The lowest BCUT2D eigenvalue weighted by Gasteiger charge is -2.50. The third kappa shape index (κ3) is 6.49. The highest BCUT2D eigenvalue weighted by atomic mass is 32.2. The van der Waals surface area contributed by atoms with Crippen LogP contribution in [0.15, 0.2) is 240 Å². The maximum atomic E-state index is 5.29. The first-order valence-electron chi connectivity index (χ1n) is 22.4. The molecule has 10 aromatic rings. The summed E-state index contributed by atoms with van der Waals surface area (Å²) >= 11 is 1.89. The van der Waals surface area contributed by atoms with Crippen LogP contribution in [0, 0.1) is 0 Å². The Morgan fingerprint density at radius 2 is 0.708 bits per heavy atom. The molecule has 0 saturated carbocycles. The molecule has 1 aliphatic carbocycles. The van der Waals surface area contributed by atoms with Gasteiger partial charge in [-0.15, -0.1) is 0 Å². The molecule has 2 aliphatic rings. The zero-order valence-electron chi connectivity index (χ0n) is 36.2. The van der Waals surface area contributed by atoms with Crippen molar-refractivity contribution in [2.45, 2.75) is 34.5 Å². The Labute approximate surface area is 385 Å². The van der Waals surface area contributed by atoms with E-state index in [9.17, 15) is 0 Å². The first-order valence-corrected chi connectivity index (χ1v) is 23.2. The minimum absolute atomic E-state index is 0.142. The van der Waals surface area contributed by atoms with E-state index in [2.05, 4.69) is 244 Å². The maximum absolute atomic E-state index is 5.29. The quantitative estimate of drug-likeness (QED) is 0.167. The molecule has 1 aliphatic heterocycles. The van der Waals surface area contributed by atoms with E-state index in [0.29, 0.717) is 5.82 Å². The highest BCUT2D eigenvalue weighted by Crippen LogP contribution is 2.61. The topological polar surface area (TPSA) is 25.8 Å². The molecule has 308 valence electrons. The van der Waals surface area contributed by atoms with Crippen molar-refractivity contribution in [3.8, 4) is 67.3 Å². The number of benzene rings is 9. The van der Waals surface area contributed by atoms with Gasteiger partial charge >= 0.3 is 0 Å². The van der Waals surface area contributed by atoms with E-state index >= 15 is 0 Å². The zero-order chi connectivity index (χ0) is 43.5. The largest absolute Gasteiger partial charge is 0.228 e. The molecule has 3 heteroatoms. The summed E-state index contributed by atoms with van der Waals surface area (Å²) in [6.07, 6.45) is 0. The molecule has 0 fully saturated rings. The van der Waals surface area contributed by atoms with Gasteiger partial charge < -0.3 is 0 Å². The van der Waals surface area contributed by atoms with Gasteiger partial charge in [-0.2, -0.15) is 0 Å². The number of rotatable bonds is 6. The summed E-state index contributed by atoms with van der Waals surface area (Å²) in [6.45, 7) is 4.76. The molecule has 12 rings (SSSR count). The highest BCUT2D eigenvalue weighted by Gasteiger charge is 2.52. The van der Waals surface area contributed by atoms with Crippen molar-refractivity contribution in [2.75, 3.05) is 0 Å². The first kappa shape index (κ1) is 39.0. The smallest absolute Gasteiger partial charge is 0.160 e. The SMILES string of the molecule is CC1(C)c2ccccc2C2(c3ccccc3Sc3cc(-c4cccc(-c5cc(-c6ccc(-c7ccccc7)cc6)nc(-c6ccc(-c7ccccc7)cc6)n5)c4)ccc32)c2ccccc21. The van der Waals surface area contributed by atoms with E-state index in [1.165, 1.54) is 65.4 Å². The molecule has 1 aromatic heterocycles. The van der Waals surface area contributed by atoms with Crippen LogP contribution in [-0.4, -0.2) is 9.97 Å². The Balaban J connectivity index is 0.976. The molecule has 9 aromatic carbocycles. The fraction of sp³-hybridized carbons (Fsp3) is 0.0645. The predicted octanol–water partition coefficient (Wildman–Crippen LogP) is 16.0. The van der Waals surface area contributed by atoms with Crippen LogP contribution in [0.1, 0.15) is 47.2 Å². The second-order valence-corrected chi connectivity index (χ2v) is 18.8. The third-order valence-electron chi connectivity index (χ3n) is 13.7. The summed E-state index contributed by atoms with van der Waals surface area (Å²) in [6, 6.07) is 83.8. The van der Waals surface area contributed by atoms with Crippen molar-refractivity contribution in [3.63, 3.8) is 0 Å². The van der Waals surface area contributed by atoms with Crippen molar-refractivity contribution in [1.82, 2.24) is 9.97 Å². The molecule has 65 heavy (non-hydrogen) atoms. The molecule has 0 bridgehead atoms. The second kappa shape index (κ2) is 15.6. The number of hydrogen-bond acceptors (Lipinski definition) is 3. The molecular weight excluding hydrogens is 805 g/mol. The Morgan fingerprint density at radius 1 is 0.292 bits per heavy atom. The van der Waals surface area contributed by atoms with Crippen LogP contribution < -0.4 is 0 Å². The Bertz CT molecular complexity index is 3260. The van der Waals surface area contributed by atoms with Crippen molar-refractivity contribution in [2.24, 2.45) is 0 Å². The van der Waals surface area contributed by atoms with E-state index < -0.39 is 5.41 Å². The Morgan fingerprint density at radius 3 is 1.32 bits per heavy atom. The fourth-order valence-corrected chi connectivity index (χ4v) is 11.7. The summed E-state index contributed by atoms with van der Waals surface area (Å²) in [5.74, 6) is 0.694. The summed E-state index contributed by atoms with van der Waals surface area (Å²) < 4.78 is 0. The van der Waals surface area contributed by atoms with E-state index in [-0.39, 0.29) is 5.41 Å². The van der Waals surface area contributed by atoms with Gasteiger partial charge in [0.05, 0.1) is 16.8 Å². The van der Waals surface area contributed by atoms with Gasteiger partial charge in [0.25, 0.3) is 0 Å². The lowest BCUT2D eigenvalue weighted by atomic mass is 9.54. The van der Waals surface area contributed by atoms with E-state index in [0.717, 1.165) is 39.2 Å². The van der Waals surface area contributed by atoms with Gasteiger partial charge in [0.1, 0.15) is 0 Å². The lowest BCUT2D eigenvalue weighted by Crippen LogP contribution is -2.43. The van der Waals surface area contributed by atoms with Gasteiger partial charge in [0, 0.05) is 31.9 Å². The lowest BCUT2D eigenvalue weighted by molar-refractivity contribution is 0.549. The Kier molecular flexibility index (Phi) is 9.36. The van der Waals surface area contributed by atoms with E-state index in [1.807, 2.05) is 11.8 Å². The molecule has 2 nitrogen and oxygen atoms in total. The molecule has 0 amide bonds. The average Bonchev–Trinajstić information content (AvgIpc) is 3.38. The standard InChI is InChI=1S/C62H44N2S/c1-61(2)50-22-9-11-24-52(50)62(53-25-12-10-23-51(53)61)54-26-13-14-27-58(54)65-59-39-48(36-37-55(59)62)47-20-15-21-49(38-47)57-40-56(45-32-28-43(29-33-45)41-16-5-3-6-17-41)63-60(64-57)46-34-30-44(31-35-46)42-18-7-4-8-19-42/h3-40H,1-2H3. The third-order valence-corrected chi connectivity index (χ3v) is 14.8. The monoisotopic (exact) mass is 848 g/mol. The van der Waals surface area contributed by atoms with Crippen LogP contribution in [0.5, 0.6) is 0 Å². The summed E-state index contributed by atoms with van der Waals surface area (Å²) in [4.78, 5) is 13.1. The van der Waals surface area contributed by atoms with Gasteiger partial charge in [-0.3, -0.25) is 0 Å². The van der Waals surface area contributed by atoms with E-state index in [4.69, 9.17) is 9.97 Å².